The van der Waals surface area contributed by atoms with E-state index in [-0.39, 0.29) is 10.6 Å². The van der Waals surface area contributed by atoms with Gasteiger partial charge in [-0.1, -0.05) is 22.9 Å². The Bertz CT molecular complexity index is 350. The van der Waals surface area contributed by atoms with Gasteiger partial charge in [0.1, 0.15) is 0 Å². The second-order valence-corrected chi connectivity index (χ2v) is 3.70. The highest BCUT2D eigenvalue weighted by molar-refractivity contribution is 9.10. The highest BCUT2D eigenvalue weighted by Crippen LogP contribution is 2.27. The molecule has 0 aliphatic rings. The SMILES string of the molecule is CCc1cc(C)c([N+](=O)[O-])cc1Br. The lowest BCUT2D eigenvalue weighted by molar-refractivity contribution is -0.385. The molecular weight excluding hydrogens is 234 g/mol. The molecule has 0 spiro atoms. The summed E-state index contributed by atoms with van der Waals surface area (Å²) in [5.41, 5.74) is 1.98. The largest absolute Gasteiger partial charge is 0.273 e. The molecule has 1 aromatic carbocycles. The van der Waals surface area contributed by atoms with E-state index in [9.17, 15) is 10.1 Å². The molecule has 0 saturated heterocycles. The lowest BCUT2D eigenvalue weighted by Crippen LogP contribution is -1.94. The van der Waals surface area contributed by atoms with Crippen LogP contribution < -0.4 is 0 Å². The van der Waals surface area contributed by atoms with Crippen molar-refractivity contribution in [2.45, 2.75) is 20.3 Å². The van der Waals surface area contributed by atoms with Crippen molar-refractivity contribution in [3.05, 3.63) is 37.8 Å². The maximum absolute atomic E-state index is 10.6. The van der Waals surface area contributed by atoms with Crippen molar-refractivity contribution in [3.8, 4) is 0 Å². The molecular formula is C9H10BrNO2. The van der Waals surface area contributed by atoms with Crippen LogP contribution >= 0.6 is 15.9 Å². The van der Waals surface area contributed by atoms with Crippen molar-refractivity contribution < 1.29 is 4.92 Å². The van der Waals surface area contributed by atoms with E-state index in [0.717, 1.165) is 16.5 Å². The standard InChI is InChI=1S/C9H10BrNO2/c1-3-7-4-6(2)9(11(12)13)5-8(7)10/h4-5H,3H2,1-2H3. The molecule has 0 aliphatic carbocycles. The van der Waals surface area contributed by atoms with Gasteiger partial charge >= 0.3 is 0 Å². The summed E-state index contributed by atoms with van der Waals surface area (Å²) in [5.74, 6) is 0. The summed E-state index contributed by atoms with van der Waals surface area (Å²) in [6.07, 6.45) is 0.874. The number of hydrogen-bond donors (Lipinski definition) is 0. The Morgan fingerprint density at radius 3 is 2.62 bits per heavy atom. The second-order valence-electron chi connectivity index (χ2n) is 2.84. The van der Waals surface area contributed by atoms with Crippen molar-refractivity contribution in [1.29, 1.82) is 0 Å². The van der Waals surface area contributed by atoms with Crippen molar-refractivity contribution >= 4 is 21.6 Å². The lowest BCUT2D eigenvalue weighted by atomic mass is 10.1. The van der Waals surface area contributed by atoms with Gasteiger partial charge in [0.15, 0.2) is 0 Å². The molecule has 13 heavy (non-hydrogen) atoms. The predicted octanol–water partition coefficient (Wildman–Crippen LogP) is 3.23. The van der Waals surface area contributed by atoms with Crippen LogP contribution in [0.4, 0.5) is 5.69 Å². The van der Waals surface area contributed by atoms with Crippen LogP contribution in [0, 0.1) is 17.0 Å². The summed E-state index contributed by atoms with van der Waals surface area (Å²) in [7, 11) is 0. The van der Waals surface area contributed by atoms with E-state index in [4.69, 9.17) is 0 Å². The summed E-state index contributed by atoms with van der Waals surface area (Å²) in [6, 6.07) is 3.41. The third-order valence-electron chi connectivity index (χ3n) is 1.94. The van der Waals surface area contributed by atoms with Gasteiger partial charge in [0.25, 0.3) is 5.69 Å². The van der Waals surface area contributed by atoms with E-state index in [1.54, 1.807) is 13.0 Å². The highest BCUT2D eigenvalue weighted by atomic mass is 79.9. The zero-order valence-corrected chi connectivity index (χ0v) is 9.09. The van der Waals surface area contributed by atoms with Gasteiger partial charge in [0, 0.05) is 16.1 Å². The van der Waals surface area contributed by atoms with Gasteiger partial charge in [-0.2, -0.15) is 0 Å². The maximum atomic E-state index is 10.6. The number of benzene rings is 1. The summed E-state index contributed by atoms with van der Waals surface area (Å²) >= 11 is 3.31. The van der Waals surface area contributed by atoms with Crippen molar-refractivity contribution in [1.82, 2.24) is 0 Å². The van der Waals surface area contributed by atoms with Gasteiger partial charge in [-0.3, -0.25) is 10.1 Å². The van der Waals surface area contributed by atoms with Crippen LogP contribution in [0.15, 0.2) is 16.6 Å². The van der Waals surface area contributed by atoms with Gasteiger partial charge < -0.3 is 0 Å². The molecule has 0 amide bonds. The molecule has 0 N–H and O–H groups in total. The fourth-order valence-corrected chi connectivity index (χ4v) is 1.81. The first kappa shape index (κ1) is 10.2. The first-order chi connectivity index (χ1) is 6.06. The van der Waals surface area contributed by atoms with Gasteiger partial charge in [-0.05, 0) is 25.0 Å². The van der Waals surface area contributed by atoms with Crippen LogP contribution in [0.5, 0.6) is 0 Å². The molecule has 4 heteroatoms. The fourth-order valence-electron chi connectivity index (χ4n) is 1.20. The van der Waals surface area contributed by atoms with E-state index in [1.807, 2.05) is 13.0 Å². The molecule has 0 unspecified atom stereocenters. The van der Waals surface area contributed by atoms with Crippen LogP contribution in [0.25, 0.3) is 0 Å². The van der Waals surface area contributed by atoms with Gasteiger partial charge in [-0.15, -0.1) is 0 Å². The molecule has 0 heterocycles. The minimum atomic E-state index is -0.362. The normalized spacial score (nSPS) is 10.1. The number of nitrogens with zero attached hydrogens (tertiary/aromatic N) is 1. The van der Waals surface area contributed by atoms with Crippen LogP contribution in [-0.2, 0) is 6.42 Å². The lowest BCUT2D eigenvalue weighted by Gasteiger charge is -2.03. The molecule has 0 aliphatic heterocycles. The third-order valence-corrected chi connectivity index (χ3v) is 2.68. The number of rotatable bonds is 2. The Morgan fingerprint density at radius 1 is 1.54 bits per heavy atom. The second kappa shape index (κ2) is 3.87. The van der Waals surface area contributed by atoms with Crippen molar-refractivity contribution in [2.75, 3.05) is 0 Å². The number of halogens is 1. The molecule has 1 rings (SSSR count). The molecule has 0 aromatic heterocycles. The molecule has 0 saturated carbocycles. The minimum absolute atomic E-state index is 0.170. The number of hydrogen-bond acceptors (Lipinski definition) is 2. The summed E-state index contributed by atoms with van der Waals surface area (Å²) in [6.45, 7) is 3.77. The van der Waals surface area contributed by atoms with Crippen molar-refractivity contribution in [2.24, 2.45) is 0 Å². The predicted molar refractivity (Wildman–Crippen MR) is 54.9 cm³/mol. The highest BCUT2D eigenvalue weighted by Gasteiger charge is 2.12. The maximum Gasteiger partial charge on any atom is 0.273 e. The number of nitro groups is 1. The van der Waals surface area contributed by atoms with Gasteiger partial charge in [-0.25, -0.2) is 0 Å². The first-order valence-corrected chi connectivity index (χ1v) is 4.79. The zero-order valence-electron chi connectivity index (χ0n) is 7.50. The Hall–Kier alpha value is -0.900. The smallest absolute Gasteiger partial charge is 0.258 e. The molecule has 0 atom stereocenters. The minimum Gasteiger partial charge on any atom is -0.258 e. The monoisotopic (exact) mass is 243 g/mol. The summed E-state index contributed by atoms with van der Waals surface area (Å²) in [5, 5.41) is 10.6. The number of aryl methyl sites for hydroxylation is 2. The van der Waals surface area contributed by atoms with E-state index in [0.29, 0.717) is 5.56 Å². The van der Waals surface area contributed by atoms with Crippen molar-refractivity contribution in [3.63, 3.8) is 0 Å². The Labute approximate surface area is 85.0 Å². The van der Waals surface area contributed by atoms with E-state index in [1.165, 1.54) is 0 Å². The van der Waals surface area contributed by atoms with Crippen LogP contribution in [-0.4, -0.2) is 4.92 Å². The quantitative estimate of drug-likeness (QED) is 0.592. The molecule has 3 nitrogen and oxygen atoms in total. The van der Waals surface area contributed by atoms with E-state index < -0.39 is 0 Å². The summed E-state index contributed by atoms with van der Waals surface area (Å²) < 4.78 is 0.812. The van der Waals surface area contributed by atoms with E-state index in [2.05, 4.69) is 15.9 Å². The van der Waals surface area contributed by atoms with E-state index >= 15 is 0 Å². The topological polar surface area (TPSA) is 43.1 Å². The van der Waals surface area contributed by atoms with Crippen LogP contribution in [0.1, 0.15) is 18.1 Å². The molecule has 0 fully saturated rings. The van der Waals surface area contributed by atoms with Gasteiger partial charge in [0.2, 0.25) is 0 Å². The fraction of sp³-hybridized carbons (Fsp3) is 0.333. The first-order valence-electron chi connectivity index (χ1n) is 3.99. The average molecular weight is 244 g/mol. The van der Waals surface area contributed by atoms with Gasteiger partial charge in [0.05, 0.1) is 4.92 Å². The molecule has 70 valence electrons. The third kappa shape index (κ3) is 2.06. The Morgan fingerprint density at radius 2 is 2.15 bits per heavy atom. The van der Waals surface area contributed by atoms with Crippen LogP contribution in [0.3, 0.4) is 0 Å². The number of nitro benzene ring substituents is 1. The zero-order chi connectivity index (χ0) is 10.0. The Kier molecular flexibility index (Phi) is 3.03. The van der Waals surface area contributed by atoms with Crippen LogP contribution in [0.2, 0.25) is 0 Å². The summed E-state index contributed by atoms with van der Waals surface area (Å²) in [4.78, 5) is 10.2. The molecule has 0 bridgehead atoms. The Balaban J connectivity index is 3.28. The molecule has 0 radical (unpaired) electrons. The average Bonchev–Trinajstić information content (AvgIpc) is 2.07. The molecule has 1 aromatic rings.